The summed E-state index contributed by atoms with van der Waals surface area (Å²) in [4.78, 5) is 16.2. The van der Waals surface area contributed by atoms with Gasteiger partial charge in [-0.3, -0.25) is 9.20 Å². The molecule has 118 valence electrons. The van der Waals surface area contributed by atoms with Crippen molar-refractivity contribution in [2.75, 3.05) is 14.2 Å². The molecule has 0 radical (unpaired) electrons. The van der Waals surface area contributed by atoms with E-state index in [1.165, 1.54) is 0 Å². The molecule has 0 unspecified atom stereocenters. The molecular weight excluding hydrogens is 294 g/mol. The Morgan fingerprint density at radius 1 is 1.22 bits per heavy atom. The molecule has 0 spiro atoms. The average molecular weight is 311 g/mol. The van der Waals surface area contributed by atoms with Crippen molar-refractivity contribution in [3.05, 3.63) is 60.0 Å². The molecule has 1 aromatic carbocycles. The summed E-state index contributed by atoms with van der Waals surface area (Å²) < 4.78 is 12.7. The fraction of sp³-hybridized carbons (Fsp3) is 0.176. The van der Waals surface area contributed by atoms with E-state index in [2.05, 4.69) is 10.3 Å². The summed E-state index contributed by atoms with van der Waals surface area (Å²) in [5.41, 5.74) is 2.15. The Bertz CT molecular complexity index is 825. The van der Waals surface area contributed by atoms with Crippen LogP contribution >= 0.6 is 0 Å². The molecular formula is C17H17N3O3. The zero-order chi connectivity index (χ0) is 16.2. The zero-order valence-electron chi connectivity index (χ0n) is 12.9. The van der Waals surface area contributed by atoms with Crippen molar-refractivity contribution >= 4 is 11.6 Å². The third-order valence-electron chi connectivity index (χ3n) is 3.50. The molecule has 6 heteroatoms. The lowest BCUT2D eigenvalue weighted by Crippen LogP contribution is -2.20. The minimum absolute atomic E-state index is 0.192. The highest BCUT2D eigenvalue weighted by Gasteiger charge is 2.11. The molecule has 0 bridgehead atoms. The Morgan fingerprint density at radius 3 is 2.70 bits per heavy atom. The van der Waals surface area contributed by atoms with Crippen molar-refractivity contribution in [1.29, 1.82) is 0 Å². The average Bonchev–Trinajstić information content (AvgIpc) is 3.07. The molecule has 3 aromatic rings. The van der Waals surface area contributed by atoms with E-state index in [9.17, 15) is 4.79 Å². The van der Waals surface area contributed by atoms with E-state index in [1.807, 2.05) is 24.3 Å². The maximum atomic E-state index is 12.0. The second-order valence-electron chi connectivity index (χ2n) is 4.95. The third kappa shape index (κ3) is 3.11. The third-order valence-corrected chi connectivity index (χ3v) is 3.50. The zero-order valence-corrected chi connectivity index (χ0v) is 12.9. The van der Waals surface area contributed by atoms with Crippen LogP contribution in [0.1, 0.15) is 16.1 Å². The summed E-state index contributed by atoms with van der Waals surface area (Å²) in [5, 5.41) is 2.62. The van der Waals surface area contributed by atoms with Crippen LogP contribution in [0.3, 0.4) is 0 Å². The maximum Gasteiger partial charge on any atom is 0.268 e. The van der Waals surface area contributed by atoms with Gasteiger partial charge >= 0.3 is 0 Å². The summed E-state index contributed by atoms with van der Waals surface area (Å²) in [6.45, 7) is 0.397. The van der Waals surface area contributed by atoms with Crippen molar-refractivity contribution < 1.29 is 14.3 Å². The number of methoxy groups -OCH3 is 1. The molecule has 23 heavy (non-hydrogen) atoms. The number of imidazole rings is 1. The van der Waals surface area contributed by atoms with Crippen LogP contribution in [0.4, 0.5) is 0 Å². The van der Waals surface area contributed by atoms with Gasteiger partial charge in [-0.1, -0.05) is 12.1 Å². The number of rotatable bonds is 5. The Kier molecular flexibility index (Phi) is 4.14. The highest BCUT2D eigenvalue weighted by Crippen LogP contribution is 2.19. The Balaban J connectivity index is 1.83. The molecule has 0 saturated carbocycles. The molecule has 0 aliphatic heterocycles. The summed E-state index contributed by atoms with van der Waals surface area (Å²) in [7, 11) is 3.22. The van der Waals surface area contributed by atoms with Gasteiger partial charge in [0, 0.05) is 31.6 Å². The first-order chi connectivity index (χ1) is 11.2. The number of carbonyl (C=O) groups excluding carboxylic acids is 1. The fourth-order valence-electron chi connectivity index (χ4n) is 2.27. The van der Waals surface area contributed by atoms with Gasteiger partial charge in [0.1, 0.15) is 29.4 Å². The summed E-state index contributed by atoms with van der Waals surface area (Å²) >= 11 is 0. The van der Waals surface area contributed by atoms with Crippen molar-refractivity contribution in [2.45, 2.75) is 6.61 Å². The van der Waals surface area contributed by atoms with Gasteiger partial charge in [0.2, 0.25) is 0 Å². The second-order valence-corrected chi connectivity index (χ2v) is 4.95. The van der Waals surface area contributed by atoms with Gasteiger partial charge < -0.3 is 14.8 Å². The van der Waals surface area contributed by atoms with Gasteiger partial charge in [-0.05, 0) is 17.7 Å². The van der Waals surface area contributed by atoms with Crippen LogP contribution in [0.5, 0.6) is 11.5 Å². The topological polar surface area (TPSA) is 64.9 Å². The molecule has 2 heterocycles. The molecule has 0 atom stereocenters. The number of amides is 1. The minimum Gasteiger partial charge on any atom is -0.497 e. The molecule has 0 saturated heterocycles. The predicted octanol–water partition coefficient (Wildman–Crippen LogP) is 2.28. The summed E-state index contributed by atoms with van der Waals surface area (Å²) in [5.74, 6) is 1.20. The predicted molar refractivity (Wildman–Crippen MR) is 85.9 cm³/mol. The molecule has 6 nitrogen and oxygen atoms in total. The lowest BCUT2D eigenvalue weighted by molar-refractivity contribution is 0.0956. The lowest BCUT2D eigenvalue weighted by Gasteiger charge is -2.10. The van der Waals surface area contributed by atoms with Gasteiger partial charge in [0.05, 0.1) is 7.11 Å². The van der Waals surface area contributed by atoms with Crippen LogP contribution in [0.15, 0.2) is 48.8 Å². The monoisotopic (exact) mass is 311 g/mol. The van der Waals surface area contributed by atoms with E-state index in [4.69, 9.17) is 9.47 Å². The van der Waals surface area contributed by atoms with Gasteiger partial charge in [-0.2, -0.15) is 0 Å². The summed E-state index contributed by atoms with van der Waals surface area (Å²) in [6, 6.07) is 11.1. The smallest absolute Gasteiger partial charge is 0.268 e. The van der Waals surface area contributed by atoms with Crippen molar-refractivity contribution in [3.8, 4) is 11.5 Å². The first-order valence-corrected chi connectivity index (χ1v) is 7.16. The number of pyridine rings is 1. The van der Waals surface area contributed by atoms with Crippen molar-refractivity contribution in [1.82, 2.24) is 14.7 Å². The van der Waals surface area contributed by atoms with E-state index in [0.29, 0.717) is 23.7 Å². The summed E-state index contributed by atoms with van der Waals surface area (Å²) in [6.07, 6.45) is 3.39. The first-order valence-electron chi connectivity index (χ1n) is 7.16. The number of hydrogen-bond acceptors (Lipinski definition) is 4. The largest absolute Gasteiger partial charge is 0.497 e. The van der Waals surface area contributed by atoms with Gasteiger partial charge in [0.15, 0.2) is 0 Å². The van der Waals surface area contributed by atoms with Crippen molar-refractivity contribution in [2.24, 2.45) is 0 Å². The number of nitrogens with zero attached hydrogens (tertiary/aromatic N) is 2. The molecule has 1 N–H and O–H groups in total. The normalized spacial score (nSPS) is 10.5. The van der Waals surface area contributed by atoms with Crippen molar-refractivity contribution in [3.63, 3.8) is 0 Å². The number of fused-ring (bicyclic) bond motifs is 1. The van der Waals surface area contributed by atoms with E-state index < -0.39 is 0 Å². The Labute approximate surface area is 133 Å². The number of ether oxygens (including phenoxy) is 2. The molecule has 0 fully saturated rings. The van der Waals surface area contributed by atoms with Crippen LogP contribution in [0.2, 0.25) is 0 Å². The standard InChI is InChI=1S/C17H17N3O3/c1-18-17(21)15-9-14(10-16-19-7-8-20(15)16)23-11-12-3-5-13(22-2)6-4-12/h3-10H,11H2,1-2H3,(H,18,21). The lowest BCUT2D eigenvalue weighted by atomic mass is 10.2. The molecule has 3 rings (SSSR count). The van der Waals surface area contributed by atoms with Crippen LogP contribution in [-0.4, -0.2) is 29.4 Å². The van der Waals surface area contributed by atoms with E-state index in [0.717, 1.165) is 11.3 Å². The number of aromatic nitrogens is 2. The first kappa shape index (κ1) is 14.9. The molecule has 0 aliphatic rings. The highest BCUT2D eigenvalue weighted by molar-refractivity contribution is 5.93. The fourth-order valence-corrected chi connectivity index (χ4v) is 2.27. The highest BCUT2D eigenvalue weighted by atomic mass is 16.5. The number of nitrogens with one attached hydrogen (secondary N) is 1. The SMILES string of the molecule is CNC(=O)c1cc(OCc2ccc(OC)cc2)cc2nccn12. The maximum absolute atomic E-state index is 12.0. The van der Waals surface area contributed by atoms with Crippen LogP contribution in [0.25, 0.3) is 5.65 Å². The Morgan fingerprint density at radius 2 is 2.00 bits per heavy atom. The minimum atomic E-state index is -0.192. The molecule has 2 aromatic heterocycles. The van der Waals surface area contributed by atoms with Gasteiger partial charge in [0.25, 0.3) is 5.91 Å². The van der Waals surface area contributed by atoms with Crippen LogP contribution < -0.4 is 14.8 Å². The van der Waals surface area contributed by atoms with Gasteiger partial charge in [-0.15, -0.1) is 0 Å². The number of carbonyl (C=O) groups is 1. The molecule has 0 aliphatic carbocycles. The van der Waals surface area contributed by atoms with Crippen LogP contribution in [0, 0.1) is 0 Å². The Hall–Kier alpha value is -3.02. The number of benzene rings is 1. The van der Waals surface area contributed by atoms with E-state index in [1.54, 1.807) is 43.1 Å². The van der Waals surface area contributed by atoms with E-state index >= 15 is 0 Å². The van der Waals surface area contributed by atoms with Gasteiger partial charge in [-0.25, -0.2) is 4.98 Å². The number of hydrogen-bond donors (Lipinski definition) is 1. The van der Waals surface area contributed by atoms with Crippen LogP contribution in [-0.2, 0) is 6.61 Å². The molecule has 1 amide bonds. The second kappa shape index (κ2) is 6.39. The van der Waals surface area contributed by atoms with E-state index in [-0.39, 0.29) is 5.91 Å². The quantitative estimate of drug-likeness (QED) is 0.785.